The van der Waals surface area contributed by atoms with Gasteiger partial charge in [0.2, 0.25) is 0 Å². The largest absolute Gasteiger partial charge is 0.573 e. The molecule has 0 saturated carbocycles. The molecular formula is C14H10BrF4NO. The van der Waals surface area contributed by atoms with Gasteiger partial charge in [0.05, 0.1) is 6.04 Å². The molecule has 0 aliphatic carbocycles. The highest BCUT2D eigenvalue weighted by Gasteiger charge is 2.33. The molecule has 0 aliphatic rings. The first-order valence-electron chi connectivity index (χ1n) is 5.83. The number of ether oxygens (including phenoxy) is 1. The molecule has 1 unspecified atom stereocenters. The summed E-state index contributed by atoms with van der Waals surface area (Å²) in [6.07, 6.45) is -4.84. The maximum Gasteiger partial charge on any atom is 0.573 e. The van der Waals surface area contributed by atoms with Crippen molar-refractivity contribution in [1.29, 1.82) is 0 Å². The molecule has 0 amide bonds. The van der Waals surface area contributed by atoms with Gasteiger partial charge in [0.25, 0.3) is 0 Å². The number of rotatable bonds is 3. The fourth-order valence-electron chi connectivity index (χ4n) is 1.88. The molecule has 2 rings (SSSR count). The van der Waals surface area contributed by atoms with E-state index in [1.54, 1.807) is 0 Å². The summed E-state index contributed by atoms with van der Waals surface area (Å²) in [6, 6.07) is 8.40. The van der Waals surface area contributed by atoms with Crippen molar-refractivity contribution < 1.29 is 22.3 Å². The van der Waals surface area contributed by atoms with Crippen LogP contribution in [-0.2, 0) is 0 Å². The second kappa shape index (κ2) is 6.03. The number of alkyl halides is 3. The molecule has 112 valence electrons. The summed E-state index contributed by atoms with van der Waals surface area (Å²) in [5.74, 6) is -1.05. The second-order valence-corrected chi connectivity index (χ2v) is 5.14. The highest BCUT2D eigenvalue weighted by Crippen LogP contribution is 2.33. The van der Waals surface area contributed by atoms with Crippen LogP contribution in [0.1, 0.15) is 17.2 Å². The molecule has 0 fully saturated rings. The number of benzene rings is 2. The predicted octanol–water partition coefficient (Wildman–Crippen LogP) is 4.53. The Morgan fingerprint density at radius 1 is 1.05 bits per heavy atom. The number of hydrogen-bond donors (Lipinski definition) is 1. The Bertz CT molecular complexity index is 645. The van der Waals surface area contributed by atoms with Crippen LogP contribution in [0.5, 0.6) is 5.75 Å². The van der Waals surface area contributed by atoms with Crippen molar-refractivity contribution >= 4 is 15.9 Å². The summed E-state index contributed by atoms with van der Waals surface area (Å²) in [6.45, 7) is 0. The summed E-state index contributed by atoms with van der Waals surface area (Å²) in [5.41, 5.74) is 6.02. The number of para-hydroxylation sites is 1. The van der Waals surface area contributed by atoms with Crippen molar-refractivity contribution in [2.75, 3.05) is 0 Å². The Kier molecular flexibility index (Phi) is 4.53. The summed E-state index contributed by atoms with van der Waals surface area (Å²) in [7, 11) is 0. The van der Waals surface area contributed by atoms with Crippen molar-refractivity contribution in [3.63, 3.8) is 0 Å². The Balaban J connectivity index is 2.44. The van der Waals surface area contributed by atoms with Gasteiger partial charge in [-0.15, -0.1) is 13.2 Å². The van der Waals surface area contributed by atoms with E-state index in [2.05, 4.69) is 20.7 Å². The average molecular weight is 364 g/mol. The molecule has 2 aromatic carbocycles. The van der Waals surface area contributed by atoms with Crippen LogP contribution < -0.4 is 10.5 Å². The third-order valence-electron chi connectivity index (χ3n) is 2.77. The first-order valence-corrected chi connectivity index (χ1v) is 6.62. The van der Waals surface area contributed by atoms with Crippen LogP contribution in [0.3, 0.4) is 0 Å². The van der Waals surface area contributed by atoms with Crippen molar-refractivity contribution in [2.45, 2.75) is 12.4 Å². The van der Waals surface area contributed by atoms with Gasteiger partial charge >= 0.3 is 6.36 Å². The molecule has 0 spiro atoms. The quantitative estimate of drug-likeness (QED) is 0.812. The molecule has 2 N–H and O–H groups in total. The van der Waals surface area contributed by atoms with Crippen LogP contribution in [-0.4, -0.2) is 6.36 Å². The maximum absolute atomic E-state index is 13.8. The van der Waals surface area contributed by atoms with Gasteiger partial charge in [-0.3, -0.25) is 0 Å². The molecule has 1 atom stereocenters. The number of nitrogens with two attached hydrogens (primary N) is 1. The zero-order valence-electron chi connectivity index (χ0n) is 10.5. The van der Waals surface area contributed by atoms with E-state index in [-0.39, 0.29) is 11.1 Å². The van der Waals surface area contributed by atoms with Gasteiger partial charge in [-0.25, -0.2) is 4.39 Å². The van der Waals surface area contributed by atoms with Gasteiger partial charge < -0.3 is 10.5 Å². The molecule has 0 aromatic heterocycles. The van der Waals surface area contributed by atoms with Crippen molar-refractivity contribution in [3.05, 3.63) is 63.9 Å². The summed E-state index contributed by atoms with van der Waals surface area (Å²) in [5, 5.41) is 0. The van der Waals surface area contributed by atoms with Crippen molar-refractivity contribution in [1.82, 2.24) is 0 Å². The lowest BCUT2D eigenvalue weighted by Crippen LogP contribution is -2.21. The number of hydrogen-bond acceptors (Lipinski definition) is 2. The molecule has 2 aromatic rings. The van der Waals surface area contributed by atoms with Crippen molar-refractivity contribution in [3.8, 4) is 5.75 Å². The fraction of sp³-hybridized carbons (Fsp3) is 0.143. The monoisotopic (exact) mass is 363 g/mol. The van der Waals surface area contributed by atoms with E-state index in [9.17, 15) is 17.6 Å². The first-order chi connectivity index (χ1) is 9.78. The van der Waals surface area contributed by atoms with E-state index < -0.39 is 24.0 Å². The second-order valence-electron chi connectivity index (χ2n) is 4.23. The zero-order valence-corrected chi connectivity index (χ0v) is 12.1. The van der Waals surface area contributed by atoms with Crippen LogP contribution in [0.15, 0.2) is 46.9 Å². The third-order valence-corrected chi connectivity index (χ3v) is 3.27. The van der Waals surface area contributed by atoms with E-state index in [0.29, 0.717) is 4.47 Å². The normalized spacial score (nSPS) is 13.0. The third kappa shape index (κ3) is 3.95. The SMILES string of the molecule is NC(c1cc(Br)ccc1F)c1ccccc1OC(F)(F)F. The molecule has 7 heteroatoms. The van der Waals surface area contributed by atoms with Gasteiger partial charge in [0.1, 0.15) is 11.6 Å². The molecule has 0 bridgehead atoms. The van der Waals surface area contributed by atoms with Crippen molar-refractivity contribution in [2.24, 2.45) is 5.73 Å². The highest BCUT2D eigenvalue weighted by molar-refractivity contribution is 9.10. The van der Waals surface area contributed by atoms with E-state index in [4.69, 9.17) is 5.73 Å². The lowest BCUT2D eigenvalue weighted by molar-refractivity contribution is -0.274. The maximum atomic E-state index is 13.8. The van der Waals surface area contributed by atoms with Gasteiger partial charge in [0, 0.05) is 15.6 Å². The predicted molar refractivity (Wildman–Crippen MR) is 73.3 cm³/mol. The Morgan fingerprint density at radius 2 is 1.71 bits per heavy atom. The molecule has 2 nitrogen and oxygen atoms in total. The smallest absolute Gasteiger partial charge is 0.405 e. The molecular weight excluding hydrogens is 354 g/mol. The van der Waals surface area contributed by atoms with Gasteiger partial charge in [-0.2, -0.15) is 0 Å². The Labute approximate surface area is 126 Å². The van der Waals surface area contributed by atoms with E-state index in [1.165, 1.54) is 36.4 Å². The number of halogens is 5. The van der Waals surface area contributed by atoms with Crippen LogP contribution >= 0.6 is 15.9 Å². The minimum Gasteiger partial charge on any atom is -0.405 e. The van der Waals surface area contributed by atoms with E-state index in [0.717, 1.165) is 6.07 Å². The van der Waals surface area contributed by atoms with Crippen LogP contribution in [0.25, 0.3) is 0 Å². The Hall–Kier alpha value is -1.60. The molecule has 21 heavy (non-hydrogen) atoms. The molecule has 0 radical (unpaired) electrons. The van der Waals surface area contributed by atoms with Gasteiger partial charge in [-0.1, -0.05) is 34.1 Å². The van der Waals surface area contributed by atoms with Crippen LogP contribution in [0.4, 0.5) is 17.6 Å². The molecule has 0 saturated heterocycles. The standard InChI is InChI=1S/C14H10BrF4NO/c15-8-5-6-11(16)10(7-8)13(20)9-3-1-2-4-12(9)21-14(17,18)19/h1-7,13H,20H2. The van der Waals surface area contributed by atoms with Gasteiger partial charge in [-0.05, 0) is 24.3 Å². The lowest BCUT2D eigenvalue weighted by Gasteiger charge is -2.18. The Morgan fingerprint density at radius 3 is 2.38 bits per heavy atom. The highest BCUT2D eigenvalue weighted by atomic mass is 79.9. The lowest BCUT2D eigenvalue weighted by atomic mass is 9.98. The minimum atomic E-state index is -4.84. The van der Waals surface area contributed by atoms with Crippen LogP contribution in [0.2, 0.25) is 0 Å². The minimum absolute atomic E-state index is 0.0480. The topological polar surface area (TPSA) is 35.2 Å². The molecule has 0 aliphatic heterocycles. The molecule has 0 heterocycles. The zero-order chi connectivity index (χ0) is 15.6. The van der Waals surface area contributed by atoms with E-state index in [1.807, 2.05) is 0 Å². The summed E-state index contributed by atoms with van der Waals surface area (Å²) in [4.78, 5) is 0. The van der Waals surface area contributed by atoms with Gasteiger partial charge in [0.15, 0.2) is 0 Å². The average Bonchev–Trinajstić information content (AvgIpc) is 2.39. The van der Waals surface area contributed by atoms with E-state index >= 15 is 0 Å². The fourth-order valence-corrected chi connectivity index (χ4v) is 2.25. The summed E-state index contributed by atoms with van der Waals surface area (Å²) < 4.78 is 55.5. The van der Waals surface area contributed by atoms with Crippen LogP contribution in [0, 0.1) is 5.82 Å². The summed E-state index contributed by atoms with van der Waals surface area (Å²) >= 11 is 3.17. The first kappa shape index (κ1) is 15.8.